The molecule has 1 aromatic carbocycles. The molecule has 8 heteroatoms. The Labute approximate surface area is 159 Å². The number of oxazole rings is 1. The van der Waals surface area contributed by atoms with E-state index in [4.69, 9.17) is 16.0 Å². The fourth-order valence-electron chi connectivity index (χ4n) is 3.56. The molecule has 0 saturated carbocycles. The van der Waals surface area contributed by atoms with Crippen LogP contribution in [0.5, 0.6) is 0 Å². The lowest BCUT2D eigenvalue weighted by Crippen LogP contribution is -2.11. The molecular weight excluding hydrogens is 366 g/mol. The van der Waals surface area contributed by atoms with Gasteiger partial charge in [0.1, 0.15) is 5.02 Å². The van der Waals surface area contributed by atoms with E-state index < -0.39 is 5.76 Å². The molecule has 136 valence electrons. The first-order valence-corrected chi connectivity index (χ1v) is 9.11. The van der Waals surface area contributed by atoms with Gasteiger partial charge in [0, 0.05) is 11.4 Å². The van der Waals surface area contributed by atoms with Crippen molar-refractivity contribution >= 4 is 40.2 Å². The average molecular weight is 382 g/mol. The first-order valence-electron chi connectivity index (χ1n) is 8.74. The van der Waals surface area contributed by atoms with Crippen molar-refractivity contribution in [3.8, 4) is 0 Å². The number of anilines is 3. The summed E-state index contributed by atoms with van der Waals surface area (Å²) < 4.78 is 5.37. The quantitative estimate of drug-likeness (QED) is 0.542. The molecule has 1 aliphatic heterocycles. The van der Waals surface area contributed by atoms with Crippen LogP contribution >= 0.6 is 11.6 Å². The van der Waals surface area contributed by atoms with Crippen LogP contribution in [0.3, 0.4) is 0 Å². The van der Waals surface area contributed by atoms with Crippen molar-refractivity contribution in [3.63, 3.8) is 0 Å². The predicted octanol–water partition coefficient (Wildman–Crippen LogP) is 4.13. The van der Waals surface area contributed by atoms with Gasteiger partial charge in [0.25, 0.3) is 0 Å². The fourth-order valence-corrected chi connectivity index (χ4v) is 3.70. The molecule has 1 aliphatic carbocycles. The van der Waals surface area contributed by atoms with E-state index in [1.165, 1.54) is 0 Å². The number of aromatic nitrogens is 3. The maximum atomic E-state index is 11.7. The van der Waals surface area contributed by atoms with Crippen molar-refractivity contribution in [3.05, 3.63) is 63.4 Å². The Hall–Kier alpha value is -3.06. The second kappa shape index (κ2) is 6.28. The standard InChI is InChI=1S/C19H16ClN5O2/c20-14-9-21-18-23-12-3-1-2-10(6-12)4-5-11-7-13(22-17(14)25-18)8-15-16(11)27-19(26)24-15/h1-3,7-10H,4-6H2,(H,24,26)(H2,21,22,23,25). The number of H-pyrrole nitrogens is 1. The zero-order valence-corrected chi connectivity index (χ0v) is 15.0. The van der Waals surface area contributed by atoms with E-state index in [2.05, 4.69) is 31.7 Å². The number of benzene rings is 1. The highest BCUT2D eigenvalue weighted by Gasteiger charge is 2.17. The lowest BCUT2D eigenvalue weighted by Gasteiger charge is -2.19. The molecule has 0 amide bonds. The third-order valence-electron chi connectivity index (χ3n) is 4.82. The van der Waals surface area contributed by atoms with Crippen molar-refractivity contribution in [2.24, 2.45) is 5.92 Å². The summed E-state index contributed by atoms with van der Waals surface area (Å²) in [6, 6.07) is 3.79. The van der Waals surface area contributed by atoms with Crippen LogP contribution in [0.2, 0.25) is 5.02 Å². The highest BCUT2D eigenvalue weighted by atomic mass is 35.5. The van der Waals surface area contributed by atoms with E-state index >= 15 is 0 Å². The molecule has 5 rings (SSSR count). The fraction of sp³-hybridized carbons (Fsp3) is 0.211. The number of hydrogen-bond acceptors (Lipinski definition) is 6. The topological polar surface area (TPSA) is 95.8 Å². The summed E-state index contributed by atoms with van der Waals surface area (Å²) >= 11 is 6.28. The second-order valence-corrected chi connectivity index (χ2v) is 7.15. The van der Waals surface area contributed by atoms with Gasteiger partial charge in [0.05, 0.1) is 11.7 Å². The van der Waals surface area contributed by atoms with Gasteiger partial charge in [-0.15, -0.1) is 0 Å². The van der Waals surface area contributed by atoms with Gasteiger partial charge in [-0.2, -0.15) is 4.98 Å². The Bertz CT molecular complexity index is 1160. The number of halogens is 1. The molecule has 1 unspecified atom stereocenters. The number of allylic oxidation sites excluding steroid dienone is 4. The second-order valence-electron chi connectivity index (χ2n) is 6.75. The van der Waals surface area contributed by atoms with Crippen LogP contribution in [0.4, 0.5) is 17.5 Å². The van der Waals surface area contributed by atoms with E-state index in [-0.39, 0.29) is 0 Å². The summed E-state index contributed by atoms with van der Waals surface area (Å²) in [4.78, 5) is 23.2. The average Bonchev–Trinajstić information content (AvgIpc) is 3.02. The molecule has 1 atom stereocenters. The Morgan fingerprint density at radius 2 is 2.19 bits per heavy atom. The lowest BCUT2D eigenvalue weighted by atomic mass is 9.91. The van der Waals surface area contributed by atoms with Crippen molar-refractivity contribution in [1.29, 1.82) is 0 Å². The van der Waals surface area contributed by atoms with E-state index in [1.807, 2.05) is 24.3 Å². The molecule has 7 nitrogen and oxygen atoms in total. The highest BCUT2D eigenvalue weighted by Crippen LogP contribution is 2.31. The number of aromatic amines is 1. The molecule has 3 aromatic rings. The first-order chi connectivity index (χ1) is 13.1. The minimum absolute atomic E-state index is 0.377. The number of rotatable bonds is 0. The summed E-state index contributed by atoms with van der Waals surface area (Å²) in [5.41, 5.74) is 4.05. The minimum atomic E-state index is -0.459. The molecule has 3 heterocycles. The number of nitrogens with zero attached hydrogens (tertiary/aromatic N) is 2. The van der Waals surface area contributed by atoms with Crippen LogP contribution in [0.15, 0.2) is 51.5 Å². The molecule has 2 aliphatic rings. The molecule has 0 saturated heterocycles. The van der Waals surface area contributed by atoms with Crippen molar-refractivity contribution in [1.82, 2.24) is 15.0 Å². The van der Waals surface area contributed by atoms with Crippen molar-refractivity contribution in [2.45, 2.75) is 19.3 Å². The van der Waals surface area contributed by atoms with Gasteiger partial charge in [-0.1, -0.05) is 23.8 Å². The largest absolute Gasteiger partial charge is 0.417 e. The number of hydrogen-bond donors (Lipinski definition) is 3. The van der Waals surface area contributed by atoms with Crippen LogP contribution in [-0.4, -0.2) is 15.0 Å². The summed E-state index contributed by atoms with van der Waals surface area (Å²) in [6.45, 7) is 0. The number of nitrogens with one attached hydrogen (secondary N) is 3. The molecule has 0 fully saturated rings. The van der Waals surface area contributed by atoms with Gasteiger partial charge in [-0.25, -0.2) is 9.78 Å². The molecule has 2 aromatic heterocycles. The third kappa shape index (κ3) is 3.10. The summed E-state index contributed by atoms with van der Waals surface area (Å²) in [5.74, 6) is 0.897. The molecule has 27 heavy (non-hydrogen) atoms. The molecule has 6 bridgehead atoms. The maximum absolute atomic E-state index is 11.7. The van der Waals surface area contributed by atoms with Crippen LogP contribution < -0.4 is 16.4 Å². The molecule has 3 N–H and O–H groups in total. The Morgan fingerprint density at radius 3 is 3.11 bits per heavy atom. The van der Waals surface area contributed by atoms with Gasteiger partial charge in [-0.05, 0) is 49.0 Å². The first kappa shape index (κ1) is 16.1. The summed E-state index contributed by atoms with van der Waals surface area (Å²) in [5, 5.41) is 6.92. The monoisotopic (exact) mass is 381 g/mol. The smallest absolute Gasteiger partial charge is 0.408 e. The van der Waals surface area contributed by atoms with Gasteiger partial charge in [-0.3, -0.25) is 4.98 Å². The highest BCUT2D eigenvalue weighted by molar-refractivity contribution is 6.32. The van der Waals surface area contributed by atoms with Crippen LogP contribution in [0.1, 0.15) is 18.4 Å². The zero-order valence-electron chi connectivity index (χ0n) is 14.3. The third-order valence-corrected chi connectivity index (χ3v) is 5.10. The summed E-state index contributed by atoms with van der Waals surface area (Å²) in [7, 11) is 0. The van der Waals surface area contributed by atoms with Gasteiger partial charge < -0.3 is 15.1 Å². The van der Waals surface area contributed by atoms with Gasteiger partial charge in [0.2, 0.25) is 5.95 Å². The predicted molar refractivity (Wildman–Crippen MR) is 104 cm³/mol. The minimum Gasteiger partial charge on any atom is -0.408 e. The van der Waals surface area contributed by atoms with Crippen LogP contribution in [0.25, 0.3) is 11.1 Å². The number of fused-ring (bicyclic) bond motifs is 8. The van der Waals surface area contributed by atoms with Crippen LogP contribution in [-0.2, 0) is 6.42 Å². The molecule has 0 radical (unpaired) electrons. The van der Waals surface area contributed by atoms with Gasteiger partial charge >= 0.3 is 5.76 Å². The van der Waals surface area contributed by atoms with Crippen molar-refractivity contribution < 1.29 is 4.42 Å². The normalized spacial score (nSPS) is 18.6. The Morgan fingerprint density at radius 1 is 1.26 bits per heavy atom. The maximum Gasteiger partial charge on any atom is 0.417 e. The van der Waals surface area contributed by atoms with E-state index in [1.54, 1.807) is 6.20 Å². The number of aryl methyl sites for hydroxylation is 1. The van der Waals surface area contributed by atoms with E-state index in [0.29, 0.717) is 33.8 Å². The SMILES string of the molecule is O=c1[nH]c2cc3cc(c2o1)CCC1C=CC=C(C1)Nc1ncc(Cl)c(n1)N3. The van der Waals surface area contributed by atoms with Gasteiger partial charge in [0.15, 0.2) is 11.4 Å². The van der Waals surface area contributed by atoms with Crippen molar-refractivity contribution in [2.75, 3.05) is 10.6 Å². The molecular formula is C19H16ClN5O2. The van der Waals surface area contributed by atoms with Crippen LogP contribution in [0, 0.1) is 5.92 Å². The summed E-state index contributed by atoms with van der Waals surface area (Å²) in [6.07, 6.45) is 10.4. The Balaban J connectivity index is 1.67. The van der Waals surface area contributed by atoms with E-state index in [0.717, 1.165) is 36.2 Å². The zero-order chi connectivity index (χ0) is 18.4. The lowest BCUT2D eigenvalue weighted by molar-refractivity contribution is 0.543. The van der Waals surface area contributed by atoms with E-state index in [9.17, 15) is 4.79 Å². The molecule has 0 spiro atoms. The Kier molecular flexibility index (Phi) is 3.75.